The van der Waals surface area contributed by atoms with Crippen molar-refractivity contribution < 1.29 is 13.2 Å². The molecule has 0 unspecified atom stereocenters. The van der Waals surface area contributed by atoms with Crippen molar-refractivity contribution >= 4 is 31.6 Å². The monoisotopic (exact) mass is 361 g/mol. The van der Waals surface area contributed by atoms with E-state index < -0.39 is 10.0 Å². The highest BCUT2D eigenvalue weighted by molar-refractivity contribution is 9.10. The number of sulfonamides is 1. The van der Waals surface area contributed by atoms with Crippen LogP contribution < -0.4 is 9.46 Å². The van der Waals surface area contributed by atoms with E-state index in [4.69, 9.17) is 4.74 Å². The van der Waals surface area contributed by atoms with Gasteiger partial charge in [-0.2, -0.15) is 0 Å². The summed E-state index contributed by atoms with van der Waals surface area (Å²) in [6, 6.07) is 5.24. The second-order valence-electron chi connectivity index (χ2n) is 5.23. The van der Waals surface area contributed by atoms with Crippen molar-refractivity contribution in [3.8, 4) is 5.75 Å². The highest BCUT2D eigenvalue weighted by Gasteiger charge is 2.22. The van der Waals surface area contributed by atoms with Gasteiger partial charge in [-0.15, -0.1) is 0 Å². The minimum absolute atomic E-state index is 0.205. The second-order valence-corrected chi connectivity index (χ2v) is 7.85. The van der Waals surface area contributed by atoms with Crippen LogP contribution in [0.5, 0.6) is 5.75 Å². The fraction of sp³-hybridized carbons (Fsp3) is 0.571. The van der Waals surface area contributed by atoms with Crippen LogP contribution in [-0.4, -0.2) is 21.3 Å². The Morgan fingerprint density at radius 3 is 2.65 bits per heavy atom. The van der Waals surface area contributed by atoms with Crippen molar-refractivity contribution in [2.45, 2.75) is 32.1 Å². The van der Waals surface area contributed by atoms with Crippen LogP contribution in [0.1, 0.15) is 32.1 Å². The predicted molar refractivity (Wildman–Crippen MR) is 84.7 cm³/mol. The molecule has 2 rings (SSSR count). The number of ether oxygens (including phenoxy) is 1. The smallest absolute Gasteiger partial charge is 0.233 e. The lowest BCUT2D eigenvalue weighted by Crippen LogP contribution is -2.24. The number of anilines is 1. The maximum Gasteiger partial charge on any atom is 0.233 e. The molecule has 4 nitrogen and oxygen atoms in total. The molecule has 0 amide bonds. The van der Waals surface area contributed by atoms with Crippen LogP contribution in [0.3, 0.4) is 0 Å². The van der Waals surface area contributed by atoms with Crippen LogP contribution >= 0.6 is 15.9 Å². The first-order valence-corrected chi connectivity index (χ1v) is 9.29. The van der Waals surface area contributed by atoms with E-state index >= 15 is 0 Å². The first kappa shape index (κ1) is 15.6. The predicted octanol–water partition coefficient (Wildman–Crippen LogP) is 3.78. The topological polar surface area (TPSA) is 55.4 Å². The number of nitrogens with one attached hydrogen (secondary N) is 1. The molecule has 0 heterocycles. The largest absolute Gasteiger partial charge is 0.497 e. The summed E-state index contributed by atoms with van der Waals surface area (Å²) in [7, 11) is -1.76. The van der Waals surface area contributed by atoms with Gasteiger partial charge in [0.1, 0.15) is 5.75 Å². The normalized spacial score (nSPS) is 16.9. The van der Waals surface area contributed by atoms with Crippen LogP contribution in [0.2, 0.25) is 0 Å². The van der Waals surface area contributed by atoms with Gasteiger partial charge in [0.2, 0.25) is 10.0 Å². The lowest BCUT2D eigenvalue weighted by molar-refractivity contribution is 0.385. The van der Waals surface area contributed by atoms with Crippen molar-refractivity contribution in [1.29, 1.82) is 0 Å². The highest BCUT2D eigenvalue weighted by atomic mass is 79.9. The number of hydrogen-bond acceptors (Lipinski definition) is 3. The zero-order chi connectivity index (χ0) is 14.6. The molecule has 0 aliphatic heterocycles. The Bertz CT molecular complexity index is 554. The van der Waals surface area contributed by atoms with Crippen LogP contribution in [-0.2, 0) is 10.0 Å². The first-order valence-electron chi connectivity index (χ1n) is 6.84. The van der Waals surface area contributed by atoms with E-state index in [9.17, 15) is 8.42 Å². The standard InChI is InChI=1S/C14H20BrNO3S/c1-19-12-7-8-13(15)14(9-12)16-20(17,18)10-11-5-3-2-4-6-11/h7-9,11,16H,2-6,10H2,1H3. The summed E-state index contributed by atoms with van der Waals surface area (Å²) in [6.07, 6.45) is 5.54. The summed E-state index contributed by atoms with van der Waals surface area (Å²) < 4.78 is 33.0. The van der Waals surface area contributed by atoms with E-state index in [0.717, 1.165) is 25.7 Å². The molecule has 1 fully saturated rings. The third kappa shape index (κ3) is 4.38. The molecule has 0 atom stereocenters. The molecular weight excluding hydrogens is 342 g/mol. The van der Waals surface area contributed by atoms with Gasteiger partial charge in [-0.1, -0.05) is 19.3 Å². The minimum atomic E-state index is -3.32. The quantitative estimate of drug-likeness (QED) is 0.867. The van der Waals surface area contributed by atoms with Gasteiger partial charge >= 0.3 is 0 Å². The third-order valence-corrected chi connectivity index (χ3v) is 5.75. The molecule has 1 aromatic rings. The van der Waals surface area contributed by atoms with Gasteiger partial charge in [-0.3, -0.25) is 4.72 Å². The molecule has 112 valence electrons. The zero-order valence-corrected chi connectivity index (χ0v) is 14.0. The molecule has 1 aliphatic rings. The van der Waals surface area contributed by atoms with Gasteiger partial charge in [0.05, 0.1) is 18.6 Å². The van der Waals surface area contributed by atoms with E-state index in [-0.39, 0.29) is 11.7 Å². The molecule has 0 spiro atoms. The Morgan fingerprint density at radius 1 is 1.30 bits per heavy atom. The Balaban J connectivity index is 2.07. The van der Waals surface area contributed by atoms with Crippen molar-refractivity contribution in [2.24, 2.45) is 5.92 Å². The van der Waals surface area contributed by atoms with Gasteiger partial charge in [0, 0.05) is 10.5 Å². The molecular formula is C14H20BrNO3S. The Labute approximate surface area is 129 Å². The summed E-state index contributed by atoms with van der Waals surface area (Å²) in [6.45, 7) is 0. The Kier molecular flexibility index (Phi) is 5.32. The van der Waals surface area contributed by atoms with Gasteiger partial charge in [-0.05, 0) is 46.8 Å². The van der Waals surface area contributed by atoms with E-state index in [2.05, 4.69) is 20.7 Å². The molecule has 0 radical (unpaired) electrons. The summed E-state index contributed by atoms with van der Waals surface area (Å²) in [5.41, 5.74) is 0.528. The average Bonchev–Trinajstić information content (AvgIpc) is 2.41. The van der Waals surface area contributed by atoms with Gasteiger partial charge < -0.3 is 4.74 Å². The molecule has 1 saturated carbocycles. The van der Waals surface area contributed by atoms with Gasteiger partial charge in [0.25, 0.3) is 0 Å². The third-order valence-electron chi connectivity index (χ3n) is 3.62. The fourth-order valence-corrected chi connectivity index (χ4v) is 4.60. The fourth-order valence-electron chi connectivity index (χ4n) is 2.58. The molecule has 20 heavy (non-hydrogen) atoms. The average molecular weight is 362 g/mol. The van der Waals surface area contributed by atoms with Crippen molar-refractivity contribution in [2.75, 3.05) is 17.6 Å². The van der Waals surface area contributed by atoms with Crippen molar-refractivity contribution in [3.05, 3.63) is 22.7 Å². The lowest BCUT2D eigenvalue weighted by atomic mass is 9.91. The molecule has 1 aromatic carbocycles. The Morgan fingerprint density at radius 2 is 2.00 bits per heavy atom. The van der Waals surface area contributed by atoms with E-state index in [1.54, 1.807) is 25.3 Å². The maximum absolute atomic E-state index is 12.2. The lowest BCUT2D eigenvalue weighted by Gasteiger charge is -2.21. The van der Waals surface area contributed by atoms with E-state index in [1.807, 2.05) is 0 Å². The zero-order valence-electron chi connectivity index (χ0n) is 11.6. The van der Waals surface area contributed by atoms with Gasteiger partial charge in [0.15, 0.2) is 0 Å². The van der Waals surface area contributed by atoms with Crippen molar-refractivity contribution in [1.82, 2.24) is 0 Å². The molecule has 6 heteroatoms. The summed E-state index contributed by atoms with van der Waals surface area (Å²) in [5.74, 6) is 1.12. The minimum Gasteiger partial charge on any atom is -0.497 e. The van der Waals surface area contributed by atoms with Crippen LogP contribution in [0.25, 0.3) is 0 Å². The van der Waals surface area contributed by atoms with E-state index in [1.165, 1.54) is 6.42 Å². The molecule has 0 bridgehead atoms. The van der Waals surface area contributed by atoms with Gasteiger partial charge in [-0.25, -0.2) is 8.42 Å². The van der Waals surface area contributed by atoms with Crippen molar-refractivity contribution in [3.63, 3.8) is 0 Å². The molecule has 1 N–H and O–H groups in total. The van der Waals surface area contributed by atoms with Crippen LogP contribution in [0, 0.1) is 5.92 Å². The number of rotatable bonds is 5. The van der Waals surface area contributed by atoms with Crippen LogP contribution in [0.15, 0.2) is 22.7 Å². The first-order chi connectivity index (χ1) is 9.50. The molecule has 0 aromatic heterocycles. The Hall–Kier alpha value is -0.750. The summed E-state index contributed by atoms with van der Waals surface area (Å²) in [4.78, 5) is 0. The maximum atomic E-state index is 12.2. The number of hydrogen-bond donors (Lipinski definition) is 1. The summed E-state index contributed by atoms with van der Waals surface area (Å²) >= 11 is 3.36. The van der Waals surface area contributed by atoms with Crippen LogP contribution in [0.4, 0.5) is 5.69 Å². The molecule has 0 saturated heterocycles. The number of methoxy groups -OCH3 is 1. The second kappa shape index (κ2) is 6.80. The van der Waals surface area contributed by atoms with E-state index in [0.29, 0.717) is 15.9 Å². The SMILES string of the molecule is COc1ccc(Br)c(NS(=O)(=O)CC2CCCCC2)c1. The summed E-state index contributed by atoms with van der Waals surface area (Å²) in [5, 5.41) is 0. The highest BCUT2D eigenvalue weighted by Crippen LogP contribution is 2.29. The number of halogens is 1. The molecule has 1 aliphatic carbocycles. The number of benzene rings is 1.